The zero-order chi connectivity index (χ0) is 20.4. The lowest BCUT2D eigenvalue weighted by Crippen LogP contribution is -2.43. The third-order valence-corrected chi connectivity index (χ3v) is 8.54. The Morgan fingerprint density at radius 1 is 1.31 bits per heavy atom. The second kappa shape index (κ2) is 6.80. The summed E-state index contributed by atoms with van der Waals surface area (Å²) in [5.41, 5.74) is 0.437. The molecule has 1 N–H and O–H groups in total. The van der Waals surface area contributed by atoms with Gasteiger partial charge in [-0.3, -0.25) is 4.79 Å². The van der Waals surface area contributed by atoms with Crippen molar-refractivity contribution in [2.75, 3.05) is 13.7 Å². The van der Waals surface area contributed by atoms with Gasteiger partial charge in [-0.2, -0.15) is 0 Å². The van der Waals surface area contributed by atoms with Gasteiger partial charge in [0, 0.05) is 29.0 Å². The van der Waals surface area contributed by atoms with E-state index < -0.39 is 0 Å². The molecule has 0 heterocycles. The van der Waals surface area contributed by atoms with Gasteiger partial charge in [-0.05, 0) is 73.3 Å². The number of fused-ring (bicyclic) bond motifs is 1. The topological polar surface area (TPSA) is 47.6 Å². The Morgan fingerprint density at radius 2 is 2.14 bits per heavy atom. The highest BCUT2D eigenvalue weighted by molar-refractivity contribution is 6.30. The summed E-state index contributed by atoms with van der Waals surface area (Å²) in [6, 6.07) is 5.76. The molecule has 4 aliphatic carbocycles. The Kier molecular flexibility index (Phi) is 4.58. The van der Waals surface area contributed by atoms with Gasteiger partial charge in [0.25, 0.3) is 0 Å². The Balaban J connectivity index is 1.18. The molecule has 4 aliphatic rings. The van der Waals surface area contributed by atoms with Gasteiger partial charge in [0.2, 0.25) is 5.91 Å². The molecule has 0 aromatic heterocycles. The summed E-state index contributed by atoms with van der Waals surface area (Å²) in [6.45, 7) is 4.62. The zero-order valence-electron chi connectivity index (χ0n) is 17.7. The molecule has 6 atom stereocenters. The number of halogens is 1. The van der Waals surface area contributed by atoms with Crippen LogP contribution in [0.1, 0.15) is 52.4 Å². The molecule has 0 saturated heterocycles. The van der Waals surface area contributed by atoms with Crippen LogP contribution in [0, 0.1) is 34.5 Å². The minimum Gasteiger partial charge on any atom is -0.493 e. The first-order valence-corrected chi connectivity index (χ1v) is 11.4. The van der Waals surface area contributed by atoms with E-state index in [0.29, 0.717) is 46.9 Å². The average molecular weight is 418 g/mol. The van der Waals surface area contributed by atoms with E-state index in [1.54, 1.807) is 19.2 Å². The van der Waals surface area contributed by atoms with Gasteiger partial charge in [-0.25, -0.2) is 0 Å². The highest BCUT2D eigenvalue weighted by Crippen LogP contribution is 2.77. The summed E-state index contributed by atoms with van der Waals surface area (Å²) < 4.78 is 11.3. The summed E-state index contributed by atoms with van der Waals surface area (Å²) in [6.07, 6.45) is 7.39. The molecule has 1 aromatic carbocycles. The molecule has 5 rings (SSSR count). The van der Waals surface area contributed by atoms with E-state index in [2.05, 4.69) is 19.2 Å². The van der Waals surface area contributed by atoms with Crippen LogP contribution in [0.2, 0.25) is 5.02 Å². The van der Waals surface area contributed by atoms with Crippen molar-refractivity contribution >= 4 is 17.5 Å². The number of methoxy groups -OCH3 is 1. The number of nitrogens with one attached hydrogen (secondary N) is 1. The lowest BCUT2D eigenvalue weighted by molar-refractivity contribution is -0.124. The maximum atomic E-state index is 12.9. The van der Waals surface area contributed by atoms with Gasteiger partial charge in [0.05, 0.1) is 13.7 Å². The molecule has 29 heavy (non-hydrogen) atoms. The number of rotatable bonds is 7. The van der Waals surface area contributed by atoms with Gasteiger partial charge >= 0.3 is 0 Å². The summed E-state index contributed by atoms with van der Waals surface area (Å²) in [5, 5.41) is 4.08. The van der Waals surface area contributed by atoms with E-state index in [1.165, 1.54) is 32.1 Å². The van der Waals surface area contributed by atoms with Crippen molar-refractivity contribution in [1.82, 2.24) is 5.32 Å². The average Bonchev–Trinajstić information content (AvgIpc) is 3.14. The van der Waals surface area contributed by atoms with Crippen molar-refractivity contribution in [3.63, 3.8) is 0 Å². The number of hydrogen-bond acceptors (Lipinski definition) is 3. The molecular formula is C24H32ClNO3. The van der Waals surface area contributed by atoms with Gasteiger partial charge in [-0.1, -0.05) is 25.4 Å². The smallest absolute Gasteiger partial charge is 0.220 e. The summed E-state index contributed by atoms with van der Waals surface area (Å²) in [7, 11) is 1.60. The van der Waals surface area contributed by atoms with Crippen LogP contribution in [-0.2, 0) is 4.79 Å². The first-order chi connectivity index (χ1) is 13.8. The first-order valence-electron chi connectivity index (χ1n) is 11.1. The fraction of sp³-hybridized carbons (Fsp3) is 0.708. The molecule has 4 fully saturated rings. The third kappa shape index (κ3) is 3.32. The highest BCUT2D eigenvalue weighted by Gasteiger charge is 2.71. The highest BCUT2D eigenvalue weighted by atomic mass is 35.5. The van der Waals surface area contributed by atoms with Crippen LogP contribution in [0.15, 0.2) is 18.2 Å². The second-order valence-electron chi connectivity index (χ2n) is 10.7. The fourth-order valence-corrected chi connectivity index (χ4v) is 7.14. The Morgan fingerprint density at radius 3 is 2.93 bits per heavy atom. The fourth-order valence-electron chi connectivity index (χ4n) is 6.98. The number of ether oxygens (including phenoxy) is 2. The molecule has 1 aromatic rings. The largest absolute Gasteiger partial charge is 0.493 e. The zero-order valence-corrected chi connectivity index (χ0v) is 18.4. The Bertz CT molecular complexity index is 824. The summed E-state index contributed by atoms with van der Waals surface area (Å²) in [5.74, 6) is 4.76. The number of hydrogen-bond donors (Lipinski definition) is 1. The number of amides is 1. The van der Waals surface area contributed by atoms with E-state index in [4.69, 9.17) is 21.1 Å². The molecule has 4 nitrogen and oxygen atoms in total. The van der Waals surface area contributed by atoms with Crippen molar-refractivity contribution in [2.24, 2.45) is 34.5 Å². The van der Waals surface area contributed by atoms with Crippen molar-refractivity contribution in [3.05, 3.63) is 23.2 Å². The molecule has 5 heteroatoms. The van der Waals surface area contributed by atoms with E-state index in [-0.39, 0.29) is 11.3 Å². The van der Waals surface area contributed by atoms with Crippen LogP contribution in [-0.4, -0.2) is 25.7 Å². The van der Waals surface area contributed by atoms with Crippen LogP contribution in [0.25, 0.3) is 0 Å². The molecular weight excluding hydrogens is 386 g/mol. The van der Waals surface area contributed by atoms with Gasteiger partial charge in [0.15, 0.2) is 11.5 Å². The van der Waals surface area contributed by atoms with Gasteiger partial charge in [-0.15, -0.1) is 0 Å². The predicted molar refractivity (Wildman–Crippen MR) is 113 cm³/mol. The van der Waals surface area contributed by atoms with E-state index in [1.807, 2.05) is 6.07 Å². The summed E-state index contributed by atoms with van der Waals surface area (Å²) in [4.78, 5) is 12.9. The maximum Gasteiger partial charge on any atom is 0.220 e. The molecule has 1 amide bonds. The SMILES string of the molecule is COc1cc(Cl)ccc1OCC(C)(C)CC(=O)NC1C2CC3CC34CCC1C4C2. The van der Waals surface area contributed by atoms with Crippen molar-refractivity contribution < 1.29 is 14.3 Å². The molecule has 2 bridgehead atoms. The Labute approximate surface area is 178 Å². The maximum absolute atomic E-state index is 12.9. The third-order valence-electron chi connectivity index (χ3n) is 8.30. The van der Waals surface area contributed by atoms with Crippen molar-refractivity contribution in [3.8, 4) is 11.5 Å². The van der Waals surface area contributed by atoms with Crippen LogP contribution in [0.4, 0.5) is 0 Å². The standard InChI is InChI=1S/C24H32ClNO3/c1-23(2,13-29-19-5-4-16(25)10-20(19)28-3)12-21(27)26-22-14-8-15-11-24(15)7-6-17(22)18(24)9-14/h4-5,10,14-15,17-18,22H,6-9,11-13H2,1-3H3,(H,26,27). The molecule has 6 unspecified atom stereocenters. The molecule has 1 spiro atoms. The molecule has 4 saturated carbocycles. The number of carbonyl (C=O) groups is 1. The van der Waals surface area contributed by atoms with Gasteiger partial charge < -0.3 is 14.8 Å². The molecule has 0 aliphatic heterocycles. The van der Waals surface area contributed by atoms with Crippen molar-refractivity contribution in [1.29, 1.82) is 0 Å². The predicted octanol–water partition coefficient (Wildman–Crippen LogP) is 5.08. The quantitative estimate of drug-likeness (QED) is 0.672. The molecule has 158 valence electrons. The number of carbonyl (C=O) groups excluding carboxylic acids is 1. The second-order valence-corrected chi connectivity index (χ2v) is 11.1. The van der Waals surface area contributed by atoms with Crippen LogP contribution in [0.3, 0.4) is 0 Å². The number of benzene rings is 1. The van der Waals surface area contributed by atoms with Crippen molar-refractivity contribution in [2.45, 2.75) is 58.4 Å². The summed E-state index contributed by atoms with van der Waals surface area (Å²) >= 11 is 6.02. The lowest BCUT2D eigenvalue weighted by Gasteiger charge is -2.30. The van der Waals surface area contributed by atoms with E-state index >= 15 is 0 Å². The van der Waals surface area contributed by atoms with E-state index in [0.717, 1.165) is 17.8 Å². The van der Waals surface area contributed by atoms with Crippen LogP contribution < -0.4 is 14.8 Å². The van der Waals surface area contributed by atoms with Crippen LogP contribution in [0.5, 0.6) is 11.5 Å². The van der Waals surface area contributed by atoms with Crippen LogP contribution >= 0.6 is 11.6 Å². The van der Waals surface area contributed by atoms with Gasteiger partial charge in [0.1, 0.15) is 0 Å². The van der Waals surface area contributed by atoms with E-state index in [9.17, 15) is 4.79 Å². The first kappa shape index (κ1) is 19.5. The minimum atomic E-state index is -0.262. The monoisotopic (exact) mass is 417 g/mol. The Hall–Kier alpha value is -1.42. The molecule has 0 radical (unpaired) electrons. The lowest BCUT2D eigenvalue weighted by atomic mass is 9.80. The normalized spacial score (nSPS) is 36.5. The minimum absolute atomic E-state index is 0.175.